The van der Waals surface area contributed by atoms with Crippen molar-refractivity contribution in [3.05, 3.63) is 89.5 Å². The third-order valence-electron chi connectivity index (χ3n) is 6.52. The summed E-state index contributed by atoms with van der Waals surface area (Å²) in [6, 6.07) is 14.8. The van der Waals surface area contributed by atoms with Gasteiger partial charge in [-0.1, -0.05) is 30.3 Å². The minimum Gasteiger partial charge on any atom is -0.336 e. The van der Waals surface area contributed by atoms with E-state index in [0.29, 0.717) is 6.54 Å². The molecular weight excluding hydrogens is 502 g/mol. The maximum absolute atomic E-state index is 13.9. The van der Waals surface area contributed by atoms with E-state index < -0.39 is 29.1 Å². The van der Waals surface area contributed by atoms with Gasteiger partial charge in [0.15, 0.2) is 5.65 Å². The van der Waals surface area contributed by atoms with E-state index in [1.807, 2.05) is 37.3 Å². The molecule has 3 heterocycles. The van der Waals surface area contributed by atoms with E-state index >= 15 is 0 Å². The third kappa shape index (κ3) is 5.09. The first-order valence-corrected chi connectivity index (χ1v) is 12.0. The highest BCUT2D eigenvalue weighted by atomic mass is 19.4. The van der Waals surface area contributed by atoms with Crippen LogP contribution in [-0.4, -0.2) is 61.9 Å². The molecule has 1 fully saturated rings. The molecular formula is C27H23F4N5O2. The number of halogens is 4. The van der Waals surface area contributed by atoms with Crippen LogP contribution in [0.1, 0.15) is 28.5 Å². The first-order chi connectivity index (χ1) is 18.1. The van der Waals surface area contributed by atoms with Crippen LogP contribution in [0.3, 0.4) is 0 Å². The van der Waals surface area contributed by atoms with Crippen LogP contribution in [-0.2, 0) is 17.4 Å². The molecule has 1 aliphatic heterocycles. The predicted molar refractivity (Wildman–Crippen MR) is 131 cm³/mol. The van der Waals surface area contributed by atoms with Gasteiger partial charge >= 0.3 is 6.18 Å². The van der Waals surface area contributed by atoms with Crippen LogP contribution in [0.15, 0.2) is 66.9 Å². The zero-order valence-corrected chi connectivity index (χ0v) is 20.3. The molecule has 2 aromatic carbocycles. The molecule has 11 heteroatoms. The molecule has 0 unspecified atom stereocenters. The normalized spacial score (nSPS) is 16.2. The van der Waals surface area contributed by atoms with Gasteiger partial charge in [0.05, 0.1) is 18.3 Å². The van der Waals surface area contributed by atoms with Crippen molar-refractivity contribution in [3.8, 4) is 11.3 Å². The quantitative estimate of drug-likeness (QED) is 0.369. The molecule has 1 atom stereocenters. The van der Waals surface area contributed by atoms with Gasteiger partial charge in [0, 0.05) is 31.2 Å². The smallest absolute Gasteiger partial charge is 0.336 e. The number of carbonyl (C=O) groups excluding carboxylic acids is 2. The van der Waals surface area contributed by atoms with E-state index in [1.54, 1.807) is 4.90 Å². The Hall–Kier alpha value is -4.28. The summed E-state index contributed by atoms with van der Waals surface area (Å²) in [5.41, 5.74) is -0.616. The molecule has 2 amide bonds. The summed E-state index contributed by atoms with van der Waals surface area (Å²) in [5.74, 6) is -1.14. The Balaban J connectivity index is 1.38. The molecule has 0 N–H and O–H groups in total. The molecule has 196 valence electrons. The van der Waals surface area contributed by atoms with Crippen LogP contribution in [0.4, 0.5) is 17.6 Å². The number of benzene rings is 2. The number of amides is 2. The van der Waals surface area contributed by atoms with Crippen LogP contribution < -0.4 is 0 Å². The number of piperazine rings is 1. The van der Waals surface area contributed by atoms with Crippen molar-refractivity contribution in [2.45, 2.75) is 25.6 Å². The molecule has 7 nitrogen and oxygen atoms in total. The standard InChI is InChI=1S/C27H23F4N5O2/c1-17-15-34(11-12-35(17)24(37)13-18-5-3-2-4-6-18)26(38)23-16-36-25(32-23)21(27(29,30)31)14-22(33-36)19-7-9-20(28)10-8-19/h2-10,14,16-17H,11-13,15H2,1H3/t17-/m0/s1. The number of aromatic nitrogens is 3. The lowest BCUT2D eigenvalue weighted by molar-refractivity contribution is -0.137. The van der Waals surface area contributed by atoms with Crippen LogP contribution >= 0.6 is 0 Å². The molecule has 0 spiro atoms. The second kappa shape index (κ2) is 9.88. The van der Waals surface area contributed by atoms with Gasteiger partial charge in [0.25, 0.3) is 5.91 Å². The average molecular weight is 526 g/mol. The number of nitrogens with zero attached hydrogens (tertiary/aromatic N) is 5. The summed E-state index contributed by atoms with van der Waals surface area (Å²) in [6.07, 6.45) is -3.35. The predicted octanol–water partition coefficient (Wildman–Crippen LogP) is 4.47. The maximum atomic E-state index is 13.9. The van der Waals surface area contributed by atoms with Crippen molar-refractivity contribution in [2.75, 3.05) is 19.6 Å². The van der Waals surface area contributed by atoms with E-state index in [0.717, 1.165) is 34.5 Å². The fraction of sp³-hybridized carbons (Fsp3) is 0.259. The largest absolute Gasteiger partial charge is 0.420 e. The molecule has 38 heavy (non-hydrogen) atoms. The summed E-state index contributed by atoms with van der Waals surface area (Å²) < 4.78 is 55.9. The molecule has 1 saturated heterocycles. The number of rotatable bonds is 4. The summed E-state index contributed by atoms with van der Waals surface area (Å²) in [4.78, 5) is 33.2. The lowest BCUT2D eigenvalue weighted by atomic mass is 10.1. The topological polar surface area (TPSA) is 70.8 Å². The van der Waals surface area contributed by atoms with Crippen molar-refractivity contribution in [3.63, 3.8) is 0 Å². The first-order valence-electron chi connectivity index (χ1n) is 12.0. The monoisotopic (exact) mass is 525 g/mol. The Morgan fingerprint density at radius 2 is 1.74 bits per heavy atom. The Labute approximate surface area is 215 Å². The number of hydrogen-bond acceptors (Lipinski definition) is 4. The van der Waals surface area contributed by atoms with E-state index in [9.17, 15) is 27.2 Å². The maximum Gasteiger partial charge on any atom is 0.420 e. The summed E-state index contributed by atoms with van der Waals surface area (Å²) in [5, 5.41) is 4.20. The first kappa shape index (κ1) is 25.4. The minimum absolute atomic E-state index is 0.0413. The van der Waals surface area contributed by atoms with Gasteiger partial charge in [-0.15, -0.1) is 0 Å². The lowest BCUT2D eigenvalue weighted by Crippen LogP contribution is -2.55. The van der Waals surface area contributed by atoms with Crippen molar-refractivity contribution in [1.82, 2.24) is 24.4 Å². The second-order valence-corrected chi connectivity index (χ2v) is 9.19. The number of alkyl halides is 3. The van der Waals surface area contributed by atoms with Gasteiger partial charge in [-0.25, -0.2) is 13.9 Å². The Kier molecular flexibility index (Phi) is 6.60. The molecule has 0 aliphatic carbocycles. The lowest BCUT2D eigenvalue weighted by Gasteiger charge is -2.39. The van der Waals surface area contributed by atoms with Gasteiger partial charge in [0.2, 0.25) is 5.91 Å². The van der Waals surface area contributed by atoms with Gasteiger partial charge in [0.1, 0.15) is 17.1 Å². The van der Waals surface area contributed by atoms with Crippen LogP contribution in [0.2, 0.25) is 0 Å². The minimum atomic E-state index is -4.76. The Morgan fingerprint density at radius 3 is 2.39 bits per heavy atom. The Bertz CT molecular complexity index is 1490. The molecule has 0 bridgehead atoms. The molecule has 0 saturated carbocycles. The average Bonchev–Trinajstić information content (AvgIpc) is 3.32. The van der Waals surface area contributed by atoms with Gasteiger partial charge < -0.3 is 9.80 Å². The summed E-state index contributed by atoms with van der Waals surface area (Å²) in [7, 11) is 0. The molecule has 4 aromatic rings. The number of fused-ring (bicyclic) bond motifs is 1. The molecule has 0 radical (unpaired) electrons. The zero-order valence-electron chi connectivity index (χ0n) is 20.3. The summed E-state index contributed by atoms with van der Waals surface area (Å²) in [6.45, 7) is 2.56. The SMILES string of the molecule is C[C@H]1CN(C(=O)c2cn3nc(-c4ccc(F)cc4)cc(C(F)(F)F)c3n2)CCN1C(=O)Cc1ccccc1. The van der Waals surface area contributed by atoms with Crippen LogP contribution in [0.25, 0.3) is 16.9 Å². The number of hydrogen-bond donors (Lipinski definition) is 0. The van der Waals surface area contributed by atoms with Crippen molar-refractivity contribution >= 4 is 17.5 Å². The third-order valence-corrected chi connectivity index (χ3v) is 6.52. The van der Waals surface area contributed by atoms with Crippen molar-refractivity contribution < 1.29 is 27.2 Å². The van der Waals surface area contributed by atoms with Crippen LogP contribution in [0.5, 0.6) is 0 Å². The van der Waals surface area contributed by atoms with Gasteiger partial charge in [-0.2, -0.15) is 18.3 Å². The van der Waals surface area contributed by atoms with E-state index in [1.165, 1.54) is 17.0 Å². The van der Waals surface area contributed by atoms with Gasteiger partial charge in [-0.3, -0.25) is 9.59 Å². The van der Waals surface area contributed by atoms with Gasteiger partial charge in [-0.05, 0) is 42.8 Å². The second-order valence-electron chi connectivity index (χ2n) is 9.19. The van der Waals surface area contributed by atoms with E-state index in [4.69, 9.17) is 0 Å². The number of carbonyl (C=O) groups is 2. The highest BCUT2D eigenvalue weighted by molar-refractivity contribution is 5.93. The fourth-order valence-corrected chi connectivity index (χ4v) is 4.60. The summed E-state index contributed by atoms with van der Waals surface area (Å²) >= 11 is 0. The molecule has 2 aromatic heterocycles. The highest BCUT2D eigenvalue weighted by Gasteiger charge is 2.36. The van der Waals surface area contributed by atoms with E-state index in [-0.39, 0.29) is 48.4 Å². The zero-order chi connectivity index (χ0) is 27.0. The van der Waals surface area contributed by atoms with Crippen molar-refractivity contribution in [1.29, 1.82) is 0 Å². The fourth-order valence-electron chi connectivity index (χ4n) is 4.60. The molecule has 5 rings (SSSR count). The van der Waals surface area contributed by atoms with Crippen molar-refractivity contribution in [2.24, 2.45) is 0 Å². The van der Waals surface area contributed by atoms with E-state index in [2.05, 4.69) is 10.1 Å². The highest BCUT2D eigenvalue weighted by Crippen LogP contribution is 2.34. The number of imidazole rings is 1. The molecule has 1 aliphatic rings. The van der Waals surface area contributed by atoms with Crippen LogP contribution in [0, 0.1) is 5.82 Å². The Morgan fingerprint density at radius 1 is 1.03 bits per heavy atom.